The summed E-state index contributed by atoms with van der Waals surface area (Å²) in [4.78, 5) is 40.0. The molecule has 0 saturated carbocycles. The van der Waals surface area contributed by atoms with Gasteiger partial charge in [0, 0.05) is 24.7 Å². The number of furan rings is 1. The van der Waals surface area contributed by atoms with Gasteiger partial charge in [-0.15, -0.1) is 0 Å². The normalized spacial score (nSPS) is 11.1. The number of rotatable bonds is 8. The average Bonchev–Trinajstić information content (AvgIpc) is 3.62. The first kappa shape index (κ1) is 21.8. The third-order valence-corrected chi connectivity index (χ3v) is 5.21. The third kappa shape index (κ3) is 4.42. The molecule has 35 heavy (non-hydrogen) atoms. The maximum atomic E-state index is 12.9. The maximum Gasteiger partial charge on any atom is 0.273 e. The summed E-state index contributed by atoms with van der Waals surface area (Å²) in [6, 6.07) is 10.9. The number of amides is 1. The second kappa shape index (κ2) is 9.05. The summed E-state index contributed by atoms with van der Waals surface area (Å²) < 4.78 is 13.2. The highest BCUT2D eigenvalue weighted by Crippen LogP contribution is 2.20. The van der Waals surface area contributed by atoms with Gasteiger partial charge >= 0.3 is 0 Å². The number of aromatic nitrogens is 5. The highest BCUT2D eigenvalue weighted by Gasteiger charge is 2.16. The topological polar surface area (TPSA) is 164 Å². The van der Waals surface area contributed by atoms with E-state index in [4.69, 9.17) is 8.94 Å². The van der Waals surface area contributed by atoms with Gasteiger partial charge in [0.15, 0.2) is 17.1 Å². The van der Waals surface area contributed by atoms with Crippen LogP contribution in [0.25, 0.3) is 22.6 Å². The fraction of sp³-hybridized carbons (Fsp3) is 0.136. The van der Waals surface area contributed by atoms with E-state index in [2.05, 4.69) is 20.6 Å². The number of hydrogen-bond donors (Lipinski definition) is 1. The zero-order valence-corrected chi connectivity index (χ0v) is 18.0. The number of nitrogens with one attached hydrogen (secondary N) is 1. The molecule has 0 saturated heterocycles. The molecule has 5 rings (SSSR count). The molecule has 0 bridgehead atoms. The minimum absolute atomic E-state index is 0.0535. The number of nitro benzene ring substituents is 1. The molecular weight excluding hydrogens is 458 g/mol. The quantitative estimate of drug-likeness (QED) is 0.262. The van der Waals surface area contributed by atoms with Gasteiger partial charge in [-0.1, -0.05) is 17.3 Å². The van der Waals surface area contributed by atoms with Crippen LogP contribution in [0.2, 0.25) is 0 Å². The van der Waals surface area contributed by atoms with Crippen LogP contribution < -0.4 is 10.9 Å². The minimum atomic E-state index is -0.489. The van der Waals surface area contributed by atoms with Gasteiger partial charge in [-0.2, -0.15) is 5.10 Å². The van der Waals surface area contributed by atoms with Gasteiger partial charge < -0.3 is 14.3 Å². The molecule has 0 aliphatic carbocycles. The number of non-ortho nitro benzene ring substituents is 1. The van der Waals surface area contributed by atoms with Crippen molar-refractivity contribution in [2.24, 2.45) is 0 Å². The Morgan fingerprint density at radius 2 is 2.06 bits per heavy atom. The molecule has 1 N–H and O–H groups in total. The molecule has 0 spiro atoms. The lowest BCUT2D eigenvalue weighted by atomic mass is 10.2. The van der Waals surface area contributed by atoms with Crippen molar-refractivity contribution in [2.45, 2.75) is 13.1 Å². The summed E-state index contributed by atoms with van der Waals surface area (Å²) >= 11 is 0. The van der Waals surface area contributed by atoms with Crippen LogP contribution in [0.4, 0.5) is 5.69 Å². The number of benzene rings is 1. The molecule has 4 heterocycles. The van der Waals surface area contributed by atoms with E-state index in [0.717, 1.165) is 0 Å². The summed E-state index contributed by atoms with van der Waals surface area (Å²) in [6.45, 7) is 0.596. The molecule has 0 radical (unpaired) electrons. The summed E-state index contributed by atoms with van der Waals surface area (Å²) in [6.07, 6.45) is 4.26. The minimum Gasteiger partial charge on any atom is -0.461 e. The number of fused-ring (bicyclic) bond motifs is 1. The molecule has 13 heteroatoms. The Labute approximate surface area is 195 Å². The van der Waals surface area contributed by atoms with Crippen molar-refractivity contribution < 1.29 is 18.7 Å². The smallest absolute Gasteiger partial charge is 0.273 e. The Morgan fingerprint density at radius 3 is 2.86 bits per heavy atom. The van der Waals surface area contributed by atoms with E-state index in [1.165, 1.54) is 46.2 Å². The molecule has 4 aromatic heterocycles. The molecule has 1 amide bonds. The summed E-state index contributed by atoms with van der Waals surface area (Å²) in [7, 11) is 0. The van der Waals surface area contributed by atoms with E-state index in [1.807, 2.05) is 0 Å². The van der Waals surface area contributed by atoms with Gasteiger partial charge in [0.2, 0.25) is 5.76 Å². The van der Waals surface area contributed by atoms with Crippen molar-refractivity contribution in [1.82, 2.24) is 29.8 Å². The SMILES string of the molecule is O=C(NCCn1ncc2c(=O)n(Cc3cccc([N+](=O)[O-])c3)cnc21)c1cc(-c2ccco2)on1. The lowest BCUT2D eigenvalue weighted by Gasteiger charge is -2.07. The van der Waals surface area contributed by atoms with E-state index < -0.39 is 10.8 Å². The number of carbonyl (C=O) groups excluding carboxylic acids is 1. The van der Waals surface area contributed by atoms with Crippen LogP contribution in [0.1, 0.15) is 16.1 Å². The highest BCUT2D eigenvalue weighted by atomic mass is 16.6. The fourth-order valence-corrected chi connectivity index (χ4v) is 3.52. The van der Waals surface area contributed by atoms with Crippen LogP contribution in [0.5, 0.6) is 0 Å². The van der Waals surface area contributed by atoms with Gasteiger partial charge in [-0.05, 0) is 17.7 Å². The standard InChI is InChI=1S/C22H17N7O6/c30-21(17-10-19(35-26-17)18-5-2-8-34-18)23-6-7-28-20-16(11-25-28)22(31)27(13-24-20)12-14-3-1-4-15(9-14)29(32)33/h1-5,8-11,13H,6-7,12H2,(H,23,30). The summed E-state index contributed by atoms with van der Waals surface area (Å²) in [5, 5.41) is 21.9. The summed E-state index contributed by atoms with van der Waals surface area (Å²) in [5.74, 6) is 0.362. The molecule has 0 aliphatic heterocycles. The monoisotopic (exact) mass is 475 g/mol. The number of carbonyl (C=O) groups is 1. The van der Waals surface area contributed by atoms with Crippen LogP contribution >= 0.6 is 0 Å². The van der Waals surface area contributed by atoms with Crippen molar-refractivity contribution in [1.29, 1.82) is 0 Å². The Kier molecular flexibility index (Phi) is 5.63. The second-order valence-corrected chi connectivity index (χ2v) is 7.52. The van der Waals surface area contributed by atoms with Crippen molar-refractivity contribution in [3.8, 4) is 11.5 Å². The Hall–Kier alpha value is -5.07. The first-order chi connectivity index (χ1) is 17.0. The van der Waals surface area contributed by atoms with E-state index in [0.29, 0.717) is 28.1 Å². The van der Waals surface area contributed by atoms with Gasteiger partial charge in [-0.25, -0.2) is 9.67 Å². The molecule has 176 valence electrons. The first-order valence-corrected chi connectivity index (χ1v) is 10.4. The van der Waals surface area contributed by atoms with E-state index in [1.54, 1.807) is 24.3 Å². The Bertz CT molecular complexity index is 1580. The van der Waals surface area contributed by atoms with Crippen molar-refractivity contribution >= 4 is 22.6 Å². The average molecular weight is 475 g/mol. The summed E-state index contributed by atoms with van der Waals surface area (Å²) in [5.41, 5.74) is 0.678. The zero-order valence-electron chi connectivity index (χ0n) is 18.0. The van der Waals surface area contributed by atoms with Crippen LogP contribution in [0, 0.1) is 10.1 Å². The predicted octanol–water partition coefficient (Wildman–Crippen LogP) is 2.23. The van der Waals surface area contributed by atoms with Crippen LogP contribution in [0.15, 0.2) is 75.0 Å². The molecule has 0 aliphatic rings. The highest BCUT2D eigenvalue weighted by molar-refractivity contribution is 5.92. The van der Waals surface area contributed by atoms with Crippen molar-refractivity contribution in [2.75, 3.05) is 6.54 Å². The maximum absolute atomic E-state index is 12.9. The van der Waals surface area contributed by atoms with Crippen LogP contribution in [-0.2, 0) is 13.1 Å². The largest absolute Gasteiger partial charge is 0.461 e. The number of nitro groups is 1. The van der Waals surface area contributed by atoms with E-state index in [9.17, 15) is 19.7 Å². The van der Waals surface area contributed by atoms with Gasteiger partial charge in [0.05, 0.1) is 30.5 Å². The number of hydrogen-bond acceptors (Lipinski definition) is 9. The zero-order chi connectivity index (χ0) is 24.4. The second-order valence-electron chi connectivity index (χ2n) is 7.52. The third-order valence-electron chi connectivity index (χ3n) is 5.21. The molecule has 0 unspecified atom stereocenters. The number of nitrogens with zero attached hydrogens (tertiary/aromatic N) is 6. The lowest BCUT2D eigenvalue weighted by Crippen LogP contribution is -2.28. The van der Waals surface area contributed by atoms with Crippen molar-refractivity contribution in [3.63, 3.8) is 0 Å². The van der Waals surface area contributed by atoms with Gasteiger partial charge in [0.25, 0.3) is 17.2 Å². The molecule has 0 fully saturated rings. The van der Waals surface area contributed by atoms with E-state index in [-0.39, 0.29) is 36.6 Å². The van der Waals surface area contributed by atoms with Crippen LogP contribution in [0.3, 0.4) is 0 Å². The van der Waals surface area contributed by atoms with Crippen molar-refractivity contribution in [3.05, 3.63) is 93.0 Å². The lowest BCUT2D eigenvalue weighted by molar-refractivity contribution is -0.384. The molecular formula is C22H17N7O6. The fourth-order valence-electron chi connectivity index (χ4n) is 3.52. The first-order valence-electron chi connectivity index (χ1n) is 10.4. The molecule has 1 aromatic carbocycles. The van der Waals surface area contributed by atoms with Gasteiger partial charge in [-0.3, -0.25) is 24.3 Å². The van der Waals surface area contributed by atoms with E-state index >= 15 is 0 Å². The Balaban J connectivity index is 1.25. The molecule has 5 aromatic rings. The van der Waals surface area contributed by atoms with Crippen LogP contribution in [-0.4, -0.2) is 41.9 Å². The molecule has 0 atom stereocenters. The Morgan fingerprint density at radius 1 is 1.17 bits per heavy atom. The molecule has 13 nitrogen and oxygen atoms in total. The van der Waals surface area contributed by atoms with Gasteiger partial charge in [0.1, 0.15) is 11.7 Å². The predicted molar refractivity (Wildman–Crippen MR) is 121 cm³/mol.